The molecule has 0 aliphatic carbocycles. The van der Waals surface area contributed by atoms with E-state index in [1.54, 1.807) is 6.92 Å². The number of nitrogens with one attached hydrogen (secondary N) is 1. The minimum Gasteiger partial charge on any atom is -0.385 e. The third-order valence-electron chi connectivity index (χ3n) is 2.22. The minimum absolute atomic E-state index is 0.0554. The summed E-state index contributed by atoms with van der Waals surface area (Å²) in [4.78, 5) is 0. The SMILES string of the molecule is CC(Cl)CS(=O)(=O)CCCNc1ccccc1. The molecule has 1 unspecified atom stereocenters. The van der Waals surface area contributed by atoms with Gasteiger partial charge in [0.05, 0.1) is 11.5 Å². The average molecular weight is 276 g/mol. The monoisotopic (exact) mass is 275 g/mol. The summed E-state index contributed by atoms with van der Waals surface area (Å²) in [6, 6.07) is 9.73. The molecular formula is C12H18ClNO2S. The number of halogens is 1. The lowest BCUT2D eigenvalue weighted by atomic mass is 10.3. The normalized spacial score (nSPS) is 13.3. The maximum Gasteiger partial charge on any atom is 0.151 e. The number of alkyl halides is 1. The molecule has 1 rings (SSSR count). The van der Waals surface area contributed by atoms with E-state index in [1.165, 1.54) is 0 Å². The van der Waals surface area contributed by atoms with E-state index in [9.17, 15) is 8.42 Å². The van der Waals surface area contributed by atoms with Crippen molar-refractivity contribution >= 4 is 27.1 Å². The topological polar surface area (TPSA) is 46.2 Å². The maximum atomic E-state index is 11.5. The molecule has 0 amide bonds. The van der Waals surface area contributed by atoms with E-state index in [-0.39, 0.29) is 16.9 Å². The number of rotatable bonds is 7. The van der Waals surface area contributed by atoms with E-state index >= 15 is 0 Å². The number of hydrogen-bond donors (Lipinski definition) is 1. The molecule has 1 aromatic carbocycles. The predicted molar refractivity (Wildman–Crippen MR) is 73.5 cm³/mol. The summed E-state index contributed by atoms with van der Waals surface area (Å²) in [6.07, 6.45) is 0.598. The second kappa shape index (κ2) is 6.87. The summed E-state index contributed by atoms with van der Waals surface area (Å²) < 4.78 is 23.1. The van der Waals surface area contributed by atoms with Gasteiger partial charge in [-0.3, -0.25) is 0 Å². The Labute approximate surface area is 108 Å². The third-order valence-corrected chi connectivity index (χ3v) is 4.47. The molecule has 0 heterocycles. The van der Waals surface area contributed by atoms with Crippen LogP contribution in [0.2, 0.25) is 0 Å². The molecule has 0 bridgehead atoms. The Morgan fingerprint density at radius 3 is 2.53 bits per heavy atom. The van der Waals surface area contributed by atoms with Gasteiger partial charge < -0.3 is 5.32 Å². The number of hydrogen-bond acceptors (Lipinski definition) is 3. The number of benzene rings is 1. The van der Waals surface area contributed by atoms with E-state index in [4.69, 9.17) is 11.6 Å². The Kier molecular flexibility index (Phi) is 5.78. The zero-order valence-electron chi connectivity index (χ0n) is 9.90. The summed E-state index contributed by atoms with van der Waals surface area (Å²) in [5.74, 6) is 0.240. The molecular weight excluding hydrogens is 258 g/mol. The van der Waals surface area contributed by atoms with Gasteiger partial charge in [-0.1, -0.05) is 18.2 Å². The zero-order valence-corrected chi connectivity index (χ0v) is 11.5. The van der Waals surface area contributed by atoms with Crippen molar-refractivity contribution in [1.82, 2.24) is 0 Å². The molecule has 0 aliphatic rings. The van der Waals surface area contributed by atoms with E-state index in [2.05, 4.69) is 5.32 Å². The highest BCUT2D eigenvalue weighted by molar-refractivity contribution is 7.91. The van der Waals surface area contributed by atoms with E-state index in [1.807, 2.05) is 30.3 Å². The molecule has 3 nitrogen and oxygen atoms in total. The first-order valence-electron chi connectivity index (χ1n) is 5.63. The fraction of sp³-hybridized carbons (Fsp3) is 0.500. The smallest absolute Gasteiger partial charge is 0.151 e. The summed E-state index contributed by atoms with van der Waals surface area (Å²) in [6.45, 7) is 2.35. The molecule has 1 atom stereocenters. The molecule has 96 valence electrons. The summed E-state index contributed by atoms with van der Waals surface area (Å²) in [5, 5.41) is 2.86. The lowest BCUT2D eigenvalue weighted by Crippen LogP contribution is -2.19. The lowest BCUT2D eigenvalue weighted by Gasteiger charge is -2.07. The van der Waals surface area contributed by atoms with E-state index < -0.39 is 9.84 Å². The molecule has 0 aliphatic heterocycles. The Morgan fingerprint density at radius 2 is 1.94 bits per heavy atom. The molecule has 0 aromatic heterocycles. The summed E-state index contributed by atoms with van der Waals surface area (Å²) >= 11 is 5.68. The predicted octanol–water partition coefficient (Wildman–Crippen LogP) is 2.53. The average Bonchev–Trinajstić information content (AvgIpc) is 2.24. The van der Waals surface area contributed by atoms with Gasteiger partial charge in [0.2, 0.25) is 0 Å². The highest BCUT2D eigenvalue weighted by Crippen LogP contribution is 2.06. The van der Waals surface area contributed by atoms with Crippen molar-refractivity contribution in [3.05, 3.63) is 30.3 Å². The molecule has 17 heavy (non-hydrogen) atoms. The first-order chi connectivity index (χ1) is 7.99. The Bertz CT molecular complexity index is 417. The second-order valence-electron chi connectivity index (χ2n) is 4.04. The molecule has 0 saturated heterocycles. The zero-order chi connectivity index (χ0) is 12.7. The molecule has 1 aromatic rings. The number of para-hydroxylation sites is 1. The van der Waals surface area contributed by atoms with Crippen LogP contribution in [0.25, 0.3) is 0 Å². The van der Waals surface area contributed by atoms with Crippen LogP contribution in [0.3, 0.4) is 0 Å². The van der Waals surface area contributed by atoms with Crippen LogP contribution in [0.1, 0.15) is 13.3 Å². The molecule has 0 saturated carbocycles. The van der Waals surface area contributed by atoms with Crippen molar-refractivity contribution < 1.29 is 8.42 Å². The van der Waals surface area contributed by atoms with Crippen LogP contribution in [0.5, 0.6) is 0 Å². The quantitative estimate of drug-likeness (QED) is 0.614. The fourth-order valence-electron chi connectivity index (χ4n) is 1.51. The summed E-state index contributed by atoms with van der Waals surface area (Å²) in [5.41, 5.74) is 1.01. The Balaban J connectivity index is 2.25. The van der Waals surface area contributed by atoms with Gasteiger partial charge in [0.25, 0.3) is 0 Å². The van der Waals surface area contributed by atoms with Gasteiger partial charge in [0.1, 0.15) is 0 Å². The largest absolute Gasteiger partial charge is 0.385 e. The number of sulfone groups is 1. The third kappa shape index (κ3) is 6.54. The number of anilines is 1. The van der Waals surface area contributed by atoms with Gasteiger partial charge in [-0.05, 0) is 25.5 Å². The van der Waals surface area contributed by atoms with Crippen LogP contribution in [0.15, 0.2) is 30.3 Å². The highest BCUT2D eigenvalue weighted by Gasteiger charge is 2.13. The van der Waals surface area contributed by atoms with Crippen molar-refractivity contribution in [3.63, 3.8) is 0 Å². The first-order valence-corrected chi connectivity index (χ1v) is 7.89. The second-order valence-corrected chi connectivity index (χ2v) is 7.02. The van der Waals surface area contributed by atoms with Crippen molar-refractivity contribution in [2.75, 3.05) is 23.4 Å². The van der Waals surface area contributed by atoms with Gasteiger partial charge in [-0.15, -0.1) is 11.6 Å². The fourth-order valence-corrected chi connectivity index (χ4v) is 3.54. The summed E-state index contributed by atoms with van der Waals surface area (Å²) in [7, 11) is -3.01. The molecule has 0 fully saturated rings. The van der Waals surface area contributed by atoms with Crippen molar-refractivity contribution in [3.8, 4) is 0 Å². The van der Waals surface area contributed by atoms with Crippen molar-refractivity contribution in [1.29, 1.82) is 0 Å². The first kappa shape index (κ1) is 14.3. The Morgan fingerprint density at radius 1 is 1.29 bits per heavy atom. The van der Waals surface area contributed by atoms with Gasteiger partial charge in [-0.25, -0.2) is 8.42 Å². The molecule has 5 heteroatoms. The molecule has 0 radical (unpaired) electrons. The van der Waals surface area contributed by atoms with Gasteiger partial charge in [-0.2, -0.15) is 0 Å². The lowest BCUT2D eigenvalue weighted by molar-refractivity contribution is 0.593. The minimum atomic E-state index is -3.01. The van der Waals surface area contributed by atoms with Crippen molar-refractivity contribution in [2.45, 2.75) is 18.7 Å². The van der Waals surface area contributed by atoms with Gasteiger partial charge >= 0.3 is 0 Å². The van der Waals surface area contributed by atoms with Crippen LogP contribution < -0.4 is 5.32 Å². The van der Waals surface area contributed by atoms with Crippen LogP contribution >= 0.6 is 11.6 Å². The van der Waals surface area contributed by atoms with Gasteiger partial charge in [0.15, 0.2) is 9.84 Å². The van der Waals surface area contributed by atoms with E-state index in [0.29, 0.717) is 13.0 Å². The molecule has 1 N–H and O–H groups in total. The molecule has 0 spiro atoms. The van der Waals surface area contributed by atoms with E-state index in [0.717, 1.165) is 5.69 Å². The van der Waals surface area contributed by atoms with Crippen molar-refractivity contribution in [2.24, 2.45) is 0 Å². The standard InChI is InChI=1S/C12H18ClNO2S/c1-11(13)10-17(15,16)9-5-8-14-12-6-3-2-4-7-12/h2-4,6-7,11,14H,5,8-10H2,1H3. The van der Waals surface area contributed by atoms with Gasteiger partial charge in [0, 0.05) is 17.6 Å². The van der Waals surface area contributed by atoms with Crippen LogP contribution in [0.4, 0.5) is 5.69 Å². The Hall–Kier alpha value is -0.740. The van der Waals surface area contributed by atoms with Crippen LogP contribution in [0, 0.1) is 0 Å². The maximum absolute atomic E-state index is 11.5. The van der Waals surface area contributed by atoms with Crippen LogP contribution in [-0.2, 0) is 9.84 Å². The highest BCUT2D eigenvalue weighted by atomic mass is 35.5. The van der Waals surface area contributed by atoms with Crippen LogP contribution in [-0.4, -0.2) is 31.8 Å².